The van der Waals surface area contributed by atoms with Crippen LogP contribution in [-0.4, -0.2) is 18.6 Å². The molecule has 1 unspecified atom stereocenters. The van der Waals surface area contributed by atoms with Crippen molar-refractivity contribution < 1.29 is 4.74 Å². The second kappa shape index (κ2) is 6.64. The number of fused-ring (bicyclic) bond motifs is 10. The van der Waals surface area contributed by atoms with E-state index in [1.54, 1.807) is 0 Å². The maximum Gasteiger partial charge on any atom is 0.423 e. The molecule has 4 nitrogen and oxygen atoms in total. The molecule has 0 aliphatic carbocycles. The lowest BCUT2D eigenvalue weighted by atomic mass is 9.61. The number of thiophene rings is 1. The van der Waals surface area contributed by atoms with Gasteiger partial charge in [-0.15, -0.1) is 11.3 Å². The number of rotatable bonds is 1. The summed E-state index contributed by atoms with van der Waals surface area (Å²) in [6, 6.07) is 28.5. The molecular formula is C28H20BN3OS. The van der Waals surface area contributed by atoms with Crippen LogP contribution in [0.25, 0.3) is 25.9 Å². The Balaban J connectivity index is 1.46. The molecule has 1 atom stereocenters. The first-order chi connectivity index (χ1) is 16.8. The van der Waals surface area contributed by atoms with Gasteiger partial charge in [0.05, 0.1) is 28.4 Å². The molecule has 3 aromatic carbocycles. The summed E-state index contributed by atoms with van der Waals surface area (Å²) < 4.78 is 8.87. The molecule has 0 bridgehead atoms. The van der Waals surface area contributed by atoms with Gasteiger partial charge in [-0.3, -0.25) is 4.98 Å². The number of hydrogen-bond acceptors (Lipinski definition) is 5. The quantitative estimate of drug-likeness (QED) is 0.282. The summed E-state index contributed by atoms with van der Waals surface area (Å²) in [4.78, 5) is 9.83. The van der Waals surface area contributed by atoms with Gasteiger partial charge in [0, 0.05) is 33.3 Å². The average molecular weight is 457 g/mol. The number of hydrogen-bond donors (Lipinski definition) is 0. The van der Waals surface area contributed by atoms with Crippen molar-refractivity contribution in [2.75, 3.05) is 16.2 Å². The van der Waals surface area contributed by atoms with Gasteiger partial charge in [-0.25, -0.2) is 0 Å². The van der Waals surface area contributed by atoms with Crippen LogP contribution in [0.15, 0.2) is 90.8 Å². The molecule has 8 rings (SSSR count). The number of aromatic nitrogens is 1. The van der Waals surface area contributed by atoms with E-state index in [1.165, 1.54) is 48.4 Å². The molecule has 6 heteroatoms. The number of nitrogens with zero attached hydrogens (tertiary/aromatic N) is 3. The molecule has 3 aliphatic heterocycles. The normalized spacial score (nSPS) is 18.3. The monoisotopic (exact) mass is 457 g/mol. The topological polar surface area (TPSA) is 28.6 Å². The molecule has 3 aliphatic rings. The molecule has 162 valence electrons. The number of ether oxygens (including phenoxy) is 1. The van der Waals surface area contributed by atoms with Crippen LogP contribution in [0.1, 0.15) is 12.6 Å². The van der Waals surface area contributed by atoms with E-state index in [0.29, 0.717) is 12.5 Å². The molecule has 0 N–H and O–H groups in total. The molecule has 5 heterocycles. The Labute approximate surface area is 201 Å². The summed E-state index contributed by atoms with van der Waals surface area (Å²) in [7, 11) is 0. The van der Waals surface area contributed by atoms with Gasteiger partial charge >= 0.3 is 6.98 Å². The van der Waals surface area contributed by atoms with Gasteiger partial charge in [-0.05, 0) is 35.8 Å². The molecule has 0 fully saturated rings. The van der Waals surface area contributed by atoms with Crippen molar-refractivity contribution >= 4 is 66.8 Å². The largest absolute Gasteiger partial charge is 0.489 e. The molecular weight excluding hydrogens is 437 g/mol. The Morgan fingerprint density at radius 3 is 2.53 bits per heavy atom. The van der Waals surface area contributed by atoms with E-state index in [-0.39, 0.29) is 6.98 Å². The number of benzene rings is 3. The lowest BCUT2D eigenvalue weighted by Crippen LogP contribution is -2.58. The fourth-order valence-electron chi connectivity index (χ4n) is 5.91. The van der Waals surface area contributed by atoms with Crippen LogP contribution in [0.4, 0.5) is 17.1 Å². The minimum absolute atomic E-state index is 0.000174. The third kappa shape index (κ3) is 2.26. The van der Waals surface area contributed by atoms with E-state index >= 15 is 0 Å². The van der Waals surface area contributed by atoms with Gasteiger partial charge in [-0.1, -0.05) is 55.5 Å². The Hall–Kier alpha value is -3.77. The van der Waals surface area contributed by atoms with Crippen LogP contribution >= 0.6 is 11.3 Å². The number of pyridine rings is 1. The maximum absolute atomic E-state index is 6.23. The van der Waals surface area contributed by atoms with Crippen LogP contribution in [0, 0.1) is 5.92 Å². The lowest BCUT2D eigenvalue weighted by molar-refractivity contribution is 0.276. The standard InChI is InChI=1S/C28H20BN3OS/c1-17-16-33-27-25-20(10-7-15-30-25)29-31(21-11-3-4-12-22(21)32(29)26(17)27)23-13-6-9-19-18-8-2-5-14-24(18)34-28(19)23/h2-15,17H,16H2,1H3. The van der Waals surface area contributed by atoms with Gasteiger partial charge in [0.15, 0.2) is 5.76 Å². The van der Waals surface area contributed by atoms with E-state index in [0.717, 1.165) is 11.5 Å². The Morgan fingerprint density at radius 1 is 0.853 bits per heavy atom. The van der Waals surface area contributed by atoms with Crippen molar-refractivity contribution in [1.82, 2.24) is 4.98 Å². The SMILES string of the molecule is CC1COC2=C1N1B(c3cccnc32)N(c2cccc3c2sc2ccccc23)c2ccccc21. The van der Waals surface area contributed by atoms with E-state index in [9.17, 15) is 0 Å². The highest BCUT2D eigenvalue weighted by Gasteiger charge is 2.52. The van der Waals surface area contributed by atoms with Crippen molar-refractivity contribution in [2.24, 2.45) is 5.92 Å². The summed E-state index contributed by atoms with van der Waals surface area (Å²) in [6.45, 7) is 2.95. The fraction of sp³-hybridized carbons (Fsp3) is 0.107. The summed E-state index contributed by atoms with van der Waals surface area (Å²) in [5.41, 5.74) is 7.10. The molecule has 5 aromatic rings. The van der Waals surface area contributed by atoms with E-state index in [4.69, 9.17) is 9.72 Å². The third-order valence-electron chi connectivity index (χ3n) is 7.30. The molecule has 34 heavy (non-hydrogen) atoms. The minimum Gasteiger partial charge on any atom is -0.489 e. The van der Waals surface area contributed by atoms with Crippen molar-refractivity contribution in [3.63, 3.8) is 0 Å². The van der Waals surface area contributed by atoms with Gasteiger partial charge < -0.3 is 14.4 Å². The van der Waals surface area contributed by atoms with E-state index < -0.39 is 0 Å². The Bertz CT molecular complexity index is 1680. The highest BCUT2D eigenvalue weighted by molar-refractivity contribution is 7.26. The molecule has 0 radical (unpaired) electrons. The molecule has 0 spiro atoms. The second-order valence-corrected chi connectivity index (χ2v) is 10.3. The smallest absolute Gasteiger partial charge is 0.423 e. The number of para-hydroxylation sites is 2. The van der Waals surface area contributed by atoms with Crippen LogP contribution in [-0.2, 0) is 4.74 Å². The summed E-state index contributed by atoms with van der Waals surface area (Å²) in [5, 5.41) is 2.64. The predicted octanol–water partition coefficient (Wildman–Crippen LogP) is 6.15. The number of anilines is 3. The molecule has 0 amide bonds. The minimum atomic E-state index is -0.000174. The van der Waals surface area contributed by atoms with Crippen LogP contribution in [0.3, 0.4) is 0 Å². The van der Waals surface area contributed by atoms with Crippen molar-refractivity contribution in [1.29, 1.82) is 0 Å². The van der Waals surface area contributed by atoms with Crippen LogP contribution < -0.4 is 15.1 Å². The first-order valence-electron chi connectivity index (χ1n) is 11.7. The van der Waals surface area contributed by atoms with Gasteiger partial charge in [0.2, 0.25) is 0 Å². The van der Waals surface area contributed by atoms with Gasteiger partial charge in [0.1, 0.15) is 5.69 Å². The van der Waals surface area contributed by atoms with E-state index in [1.807, 2.05) is 23.6 Å². The first kappa shape index (κ1) is 18.6. The summed E-state index contributed by atoms with van der Waals surface area (Å²) >= 11 is 1.88. The van der Waals surface area contributed by atoms with Crippen LogP contribution in [0.5, 0.6) is 0 Å². The average Bonchev–Trinajstić information content (AvgIpc) is 3.56. The highest BCUT2D eigenvalue weighted by Crippen LogP contribution is 2.52. The second-order valence-electron chi connectivity index (χ2n) is 9.22. The highest BCUT2D eigenvalue weighted by atomic mass is 32.1. The Kier molecular flexibility index (Phi) is 3.64. The predicted molar refractivity (Wildman–Crippen MR) is 142 cm³/mol. The van der Waals surface area contributed by atoms with Gasteiger partial charge in [0.25, 0.3) is 0 Å². The zero-order chi connectivity index (χ0) is 22.4. The van der Waals surface area contributed by atoms with Crippen molar-refractivity contribution in [3.05, 3.63) is 96.5 Å². The summed E-state index contributed by atoms with van der Waals surface area (Å²) in [6.07, 6.45) is 1.88. The van der Waals surface area contributed by atoms with Crippen LogP contribution in [0.2, 0.25) is 0 Å². The van der Waals surface area contributed by atoms with E-state index in [2.05, 4.69) is 89.3 Å². The molecule has 0 saturated heterocycles. The lowest BCUT2D eigenvalue weighted by Gasteiger charge is -2.35. The Morgan fingerprint density at radius 2 is 1.62 bits per heavy atom. The summed E-state index contributed by atoms with van der Waals surface area (Å²) in [5.74, 6) is 1.25. The van der Waals surface area contributed by atoms with Crippen molar-refractivity contribution in [3.8, 4) is 0 Å². The first-order valence-corrected chi connectivity index (χ1v) is 12.5. The van der Waals surface area contributed by atoms with Gasteiger partial charge in [-0.2, -0.15) is 0 Å². The van der Waals surface area contributed by atoms with Crippen molar-refractivity contribution in [2.45, 2.75) is 6.92 Å². The molecule has 2 aromatic heterocycles. The maximum atomic E-state index is 6.23. The fourth-order valence-corrected chi connectivity index (χ4v) is 7.12. The zero-order valence-electron chi connectivity index (χ0n) is 18.6. The zero-order valence-corrected chi connectivity index (χ0v) is 19.4. The molecule has 0 saturated carbocycles. The third-order valence-corrected chi connectivity index (χ3v) is 8.51.